The van der Waals surface area contributed by atoms with E-state index in [0.29, 0.717) is 5.02 Å². The molecule has 1 aromatic heterocycles. The van der Waals surface area contributed by atoms with E-state index < -0.39 is 0 Å². The molecule has 1 heterocycles. The van der Waals surface area contributed by atoms with Gasteiger partial charge in [-0.25, -0.2) is 4.98 Å². The van der Waals surface area contributed by atoms with E-state index >= 15 is 0 Å². The number of ether oxygens (including phenoxy) is 1. The van der Waals surface area contributed by atoms with Gasteiger partial charge in [0.25, 0.3) is 0 Å². The van der Waals surface area contributed by atoms with Crippen molar-refractivity contribution in [3.8, 4) is 11.4 Å². The van der Waals surface area contributed by atoms with Crippen molar-refractivity contribution in [1.82, 2.24) is 9.55 Å². The lowest BCUT2D eigenvalue weighted by atomic mass is 10.3. The van der Waals surface area contributed by atoms with Gasteiger partial charge in [0.15, 0.2) is 0 Å². The molecular weight excluding hydrogens is 200 g/mol. The number of imidazole rings is 1. The van der Waals surface area contributed by atoms with E-state index in [1.807, 2.05) is 22.9 Å². The predicted octanol–water partition coefficient (Wildman–Crippen LogP) is 2.53. The van der Waals surface area contributed by atoms with Crippen molar-refractivity contribution in [2.24, 2.45) is 0 Å². The number of hydrogen-bond acceptors (Lipinski definition) is 2. The van der Waals surface area contributed by atoms with Crippen molar-refractivity contribution in [3.05, 3.63) is 41.9 Å². The maximum Gasteiger partial charge on any atom is 0.142 e. The van der Waals surface area contributed by atoms with Gasteiger partial charge in [0.05, 0.1) is 19.1 Å². The lowest BCUT2D eigenvalue weighted by Crippen LogP contribution is -1.94. The zero-order chi connectivity index (χ0) is 9.97. The Balaban J connectivity index is 2.55. The van der Waals surface area contributed by atoms with Crippen LogP contribution in [-0.4, -0.2) is 16.7 Å². The first kappa shape index (κ1) is 9.09. The molecule has 0 aliphatic heterocycles. The summed E-state index contributed by atoms with van der Waals surface area (Å²) >= 11 is 5.90. The highest BCUT2D eigenvalue weighted by atomic mass is 35.5. The van der Waals surface area contributed by atoms with Crippen LogP contribution in [-0.2, 0) is 0 Å². The van der Waals surface area contributed by atoms with Crippen LogP contribution in [0.15, 0.2) is 36.9 Å². The number of methoxy groups -OCH3 is 1. The van der Waals surface area contributed by atoms with E-state index in [0.717, 1.165) is 11.4 Å². The number of nitrogens with zero attached hydrogens (tertiary/aromatic N) is 2. The van der Waals surface area contributed by atoms with Crippen LogP contribution in [0.4, 0.5) is 0 Å². The van der Waals surface area contributed by atoms with Crippen LogP contribution in [0.1, 0.15) is 0 Å². The van der Waals surface area contributed by atoms with Crippen molar-refractivity contribution in [2.75, 3.05) is 7.11 Å². The maximum atomic E-state index is 5.90. The molecule has 0 aliphatic rings. The first-order valence-electron chi connectivity index (χ1n) is 4.13. The molecule has 0 bridgehead atoms. The fourth-order valence-electron chi connectivity index (χ4n) is 1.27. The Morgan fingerprint density at radius 2 is 2.29 bits per heavy atom. The normalized spacial score (nSPS) is 10.1. The molecule has 0 radical (unpaired) electrons. The SMILES string of the molecule is COc1ccc(Cl)cc1-n1ccnc1. The van der Waals surface area contributed by atoms with E-state index in [1.54, 1.807) is 25.7 Å². The Hall–Kier alpha value is -1.48. The zero-order valence-electron chi connectivity index (χ0n) is 7.64. The molecule has 0 saturated carbocycles. The Morgan fingerprint density at radius 1 is 1.43 bits per heavy atom. The Morgan fingerprint density at radius 3 is 2.93 bits per heavy atom. The van der Waals surface area contributed by atoms with Gasteiger partial charge in [0.2, 0.25) is 0 Å². The molecule has 0 atom stereocenters. The molecule has 72 valence electrons. The van der Waals surface area contributed by atoms with Gasteiger partial charge in [-0.3, -0.25) is 0 Å². The third-order valence-corrected chi connectivity index (χ3v) is 2.16. The molecule has 1 aromatic carbocycles. The monoisotopic (exact) mass is 208 g/mol. The van der Waals surface area contributed by atoms with E-state index in [9.17, 15) is 0 Å². The van der Waals surface area contributed by atoms with Crippen LogP contribution >= 0.6 is 11.6 Å². The number of hydrogen-bond donors (Lipinski definition) is 0. The average molecular weight is 209 g/mol. The van der Waals surface area contributed by atoms with Crippen LogP contribution in [0, 0.1) is 0 Å². The summed E-state index contributed by atoms with van der Waals surface area (Å²) in [5.41, 5.74) is 0.887. The van der Waals surface area contributed by atoms with Crippen LogP contribution in [0.25, 0.3) is 5.69 Å². The maximum absolute atomic E-state index is 5.90. The highest BCUT2D eigenvalue weighted by Gasteiger charge is 2.04. The lowest BCUT2D eigenvalue weighted by Gasteiger charge is -2.08. The highest BCUT2D eigenvalue weighted by Crippen LogP contribution is 2.25. The summed E-state index contributed by atoms with van der Waals surface area (Å²) in [4.78, 5) is 3.97. The van der Waals surface area contributed by atoms with Crippen molar-refractivity contribution in [2.45, 2.75) is 0 Å². The second kappa shape index (κ2) is 3.72. The molecule has 0 fully saturated rings. The van der Waals surface area contributed by atoms with Gasteiger partial charge in [-0.15, -0.1) is 0 Å². The minimum atomic E-state index is 0.675. The molecular formula is C10H9ClN2O. The summed E-state index contributed by atoms with van der Waals surface area (Å²) < 4.78 is 7.07. The fourth-order valence-corrected chi connectivity index (χ4v) is 1.43. The highest BCUT2D eigenvalue weighted by molar-refractivity contribution is 6.30. The number of rotatable bonds is 2. The molecule has 0 amide bonds. The van der Waals surface area contributed by atoms with Gasteiger partial charge in [-0.2, -0.15) is 0 Å². The Kier molecular flexibility index (Phi) is 2.41. The summed E-state index contributed by atoms with van der Waals surface area (Å²) in [7, 11) is 1.63. The second-order valence-corrected chi connectivity index (χ2v) is 3.22. The fraction of sp³-hybridized carbons (Fsp3) is 0.100. The zero-order valence-corrected chi connectivity index (χ0v) is 8.40. The van der Waals surface area contributed by atoms with Crippen LogP contribution in [0.5, 0.6) is 5.75 Å². The molecule has 3 nitrogen and oxygen atoms in total. The van der Waals surface area contributed by atoms with Gasteiger partial charge in [0, 0.05) is 17.4 Å². The van der Waals surface area contributed by atoms with Gasteiger partial charge in [0.1, 0.15) is 5.75 Å². The molecule has 2 rings (SSSR count). The average Bonchev–Trinajstić information content (AvgIpc) is 2.70. The van der Waals surface area contributed by atoms with E-state index in [4.69, 9.17) is 16.3 Å². The van der Waals surface area contributed by atoms with Crippen molar-refractivity contribution < 1.29 is 4.74 Å². The van der Waals surface area contributed by atoms with Gasteiger partial charge in [-0.1, -0.05) is 11.6 Å². The summed E-state index contributed by atoms with van der Waals surface area (Å²) in [5, 5.41) is 0.675. The molecule has 14 heavy (non-hydrogen) atoms. The summed E-state index contributed by atoms with van der Waals surface area (Å²) in [6, 6.07) is 5.46. The first-order valence-corrected chi connectivity index (χ1v) is 4.51. The van der Waals surface area contributed by atoms with Crippen LogP contribution in [0.2, 0.25) is 5.02 Å². The largest absolute Gasteiger partial charge is 0.495 e. The standard InChI is InChI=1S/C10H9ClN2O/c1-14-10-3-2-8(11)6-9(10)13-5-4-12-7-13/h2-7H,1H3. The summed E-state index contributed by atoms with van der Waals surface area (Å²) in [6.07, 6.45) is 5.25. The van der Waals surface area contributed by atoms with Gasteiger partial charge < -0.3 is 9.30 Å². The molecule has 0 N–H and O–H groups in total. The quantitative estimate of drug-likeness (QED) is 0.759. The lowest BCUT2D eigenvalue weighted by molar-refractivity contribution is 0.413. The van der Waals surface area contributed by atoms with Crippen molar-refractivity contribution in [3.63, 3.8) is 0 Å². The number of aromatic nitrogens is 2. The molecule has 4 heteroatoms. The number of halogens is 1. The van der Waals surface area contributed by atoms with Crippen molar-refractivity contribution >= 4 is 11.6 Å². The third kappa shape index (κ3) is 1.59. The second-order valence-electron chi connectivity index (χ2n) is 2.79. The Labute approximate surface area is 86.9 Å². The predicted molar refractivity (Wildman–Crippen MR) is 55.1 cm³/mol. The molecule has 0 saturated heterocycles. The van der Waals surface area contributed by atoms with Crippen LogP contribution in [0.3, 0.4) is 0 Å². The molecule has 2 aromatic rings. The van der Waals surface area contributed by atoms with Crippen LogP contribution < -0.4 is 4.74 Å². The Bertz CT molecular complexity index is 426. The molecule has 0 spiro atoms. The smallest absolute Gasteiger partial charge is 0.142 e. The van der Waals surface area contributed by atoms with Crippen molar-refractivity contribution in [1.29, 1.82) is 0 Å². The topological polar surface area (TPSA) is 27.1 Å². The van der Waals surface area contributed by atoms with Gasteiger partial charge in [-0.05, 0) is 18.2 Å². The van der Waals surface area contributed by atoms with E-state index in [1.165, 1.54) is 0 Å². The summed E-state index contributed by atoms with van der Waals surface area (Å²) in [5.74, 6) is 0.771. The van der Waals surface area contributed by atoms with E-state index in [-0.39, 0.29) is 0 Å². The molecule has 0 aliphatic carbocycles. The third-order valence-electron chi connectivity index (χ3n) is 1.92. The number of benzene rings is 1. The van der Waals surface area contributed by atoms with Gasteiger partial charge >= 0.3 is 0 Å². The van der Waals surface area contributed by atoms with E-state index in [2.05, 4.69) is 4.98 Å². The molecule has 0 unspecified atom stereocenters. The summed E-state index contributed by atoms with van der Waals surface area (Å²) in [6.45, 7) is 0. The minimum Gasteiger partial charge on any atom is -0.495 e. The minimum absolute atomic E-state index is 0.675. The first-order chi connectivity index (χ1) is 6.81.